The minimum absolute atomic E-state index is 0.00349. The summed E-state index contributed by atoms with van der Waals surface area (Å²) >= 11 is 1.84. The van der Waals surface area contributed by atoms with Crippen LogP contribution in [0.3, 0.4) is 0 Å². The van der Waals surface area contributed by atoms with Gasteiger partial charge in [0.25, 0.3) is 11.6 Å². The Morgan fingerprint density at radius 1 is 1.32 bits per heavy atom. The van der Waals surface area contributed by atoms with E-state index in [2.05, 4.69) is 10.9 Å². The minimum Gasteiger partial charge on any atom is -0.273 e. The van der Waals surface area contributed by atoms with Crippen molar-refractivity contribution in [3.05, 3.63) is 37.4 Å². The van der Waals surface area contributed by atoms with E-state index >= 15 is 0 Å². The number of hydrogen-bond donors (Lipinski definition) is 2. The van der Waals surface area contributed by atoms with Crippen molar-refractivity contribution in [1.29, 1.82) is 0 Å². The van der Waals surface area contributed by atoms with Crippen molar-refractivity contribution in [2.45, 2.75) is 12.8 Å². The number of nitrogens with zero attached hydrogens (tertiary/aromatic N) is 1. The molecule has 0 atom stereocenters. The summed E-state index contributed by atoms with van der Waals surface area (Å²) in [6, 6.07) is 3.91. The SMILES string of the molecule is O=C(NNC(=O)C1CC1)c1ccc([N+](=O)[O-])cc1I. The van der Waals surface area contributed by atoms with Crippen LogP contribution >= 0.6 is 22.6 Å². The van der Waals surface area contributed by atoms with Crippen molar-refractivity contribution in [2.24, 2.45) is 5.92 Å². The van der Waals surface area contributed by atoms with Gasteiger partial charge in [0.15, 0.2) is 0 Å². The highest BCUT2D eigenvalue weighted by atomic mass is 127. The molecule has 7 nitrogen and oxygen atoms in total. The van der Waals surface area contributed by atoms with Crippen LogP contribution in [0.5, 0.6) is 0 Å². The third-order valence-electron chi connectivity index (χ3n) is 2.66. The molecule has 0 heterocycles. The Hall–Kier alpha value is -1.71. The maximum Gasteiger partial charge on any atom is 0.270 e. The van der Waals surface area contributed by atoms with E-state index in [4.69, 9.17) is 0 Å². The van der Waals surface area contributed by atoms with Crippen LogP contribution < -0.4 is 10.9 Å². The minimum atomic E-state index is -0.529. The predicted octanol–water partition coefficient (Wildman–Crippen LogP) is 1.37. The molecule has 2 amide bonds. The van der Waals surface area contributed by atoms with Crippen LogP contribution in [-0.4, -0.2) is 16.7 Å². The second-order valence-corrected chi connectivity index (χ2v) is 5.30. The van der Waals surface area contributed by atoms with E-state index in [-0.39, 0.29) is 23.1 Å². The number of halogens is 1. The molecule has 2 rings (SSSR count). The first-order valence-electron chi connectivity index (χ1n) is 5.53. The lowest BCUT2D eigenvalue weighted by Crippen LogP contribution is -2.42. The molecule has 0 bridgehead atoms. The first kappa shape index (κ1) is 13.7. The molecule has 8 heteroatoms. The van der Waals surface area contributed by atoms with Gasteiger partial charge < -0.3 is 0 Å². The van der Waals surface area contributed by atoms with E-state index < -0.39 is 10.8 Å². The number of nitro benzene ring substituents is 1. The van der Waals surface area contributed by atoms with Crippen molar-refractivity contribution < 1.29 is 14.5 Å². The summed E-state index contributed by atoms with van der Waals surface area (Å²) in [5, 5.41) is 10.6. The topological polar surface area (TPSA) is 101 Å². The van der Waals surface area contributed by atoms with E-state index in [1.54, 1.807) is 0 Å². The maximum atomic E-state index is 11.8. The lowest BCUT2D eigenvalue weighted by molar-refractivity contribution is -0.384. The van der Waals surface area contributed by atoms with Crippen LogP contribution in [0.1, 0.15) is 23.2 Å². The lowest BCUT2D eigenvalue weighted by atomic mass is 10.2. The summed E-state index contributed by atoms with van der Waals surface area (Å²) in [6.45, 7) is 0. The first-order chi connectivity index (χ1) is 8.99. The molecule has 0 aliphatic heterocycles. The third kappa shape index (κ3) is 3.40. The molecule has 0 radical (unpaired) electrons. The Balaban J connectivity index is 2.02. The fourth-order valence-corrected chi connectivity index (χ4v) is 2.18. The average Bonchev–Trinajstić information content (AvgIpc) is 3.19. The van der Waals surface area contributed by atoms with Crippen LogP contribution in [0.25, 0.3) is 0 Å². The van der Waals surface area contributed by atoms with Crippen molar-refractivity contribution in [2.75, 3.05) is 0 Å². The Morgan fingerprint density at radius 3 is 2.53 bits per heavy atom. The number of benzene rings is 1. The zero-order valence-electron chi connectivity index (χ0n) is 9.68. The average molecular weight is 375 g/mol. The molecule has 0 unspecified atom stereocenters. The number of amides is 2. The summed E-state index contributed by atoms with van der Waals surface area (Å²) < 4.78 is 0.449. The zero-order chi connectivity index (χ0) is 14.0. The van der Waals surface area contributed by atoms with Gasteiger partial charge in [-0.3, -0.25) is 30.6 Å². The van der Waals surface area contributed by atoms with Gasteiger partial charge in [0.1, 0.15) is 0 Å². The van der Waals surface area contributed by atoms with Gasteiger partial charge in [0.05, 0.1) is 10.5 Å². The number of nitro groups is 1. The first-order valence-corrected chi connectivity index (χ1v) is 6.61. The zero-order valence-corrected chi connectivity index (χ0v) is 11.8. The fraction of sp³-hybridized carbons (Fsp3) is 0.273. The normalized spacial score (nSPS) is 13.7. The highest BCUT2D eigenvalue weighted by Gasteiger charge is 2.29. The standard InChI is InChI=1S/C11H10IN3O4/c12-9-5-7(15(18)19)3-4-8(9)11(17)14-13-10(16)6-1-2-6/h3-6H,1-2H2,(H,13,16)(H,14,17). The summed E-state index contributed by atoms with van der Waals surface area (Å²) in [6.07, 6.45) is 1.69. The highest BCUT2D eigenvalue weighted by Crippen LogP contribution is 2.28. The molecule has 1 saturated carbocycles. The fourth-order valence-electron chi connectivity index (χ4n) is 1.44. The predicted molar refractivity (Wildman–Crippen MR) is 74.1 cm³/mol. The molecule has 0 spiro atoms. The quantitative estimate of drug-likeness (QED) is 0.473. The highest BCUT2D eigenvalue weighted by molar-refractivity contribution is 14.1. The number of carbonyl (C=O) groups excluding carboxylic acids is 2. The Morgan fingerprint density at radius 2 is 2.00 bits per heavy atom. The Labute approximate surface area is 122 Å². The van der Waals surface area contributed by atoms with Gasteiger partial charge in [0, 0.05) is 21.6 Å². The van der Waals surface area contributed by atoms with Crippen molar-refractivity contribution >= 4 is 40.1 Å². The molecule has 1 aliphatic rings. The Bertz CT molecular complexity index is 557. The molecule has 2 N–H and O–H groups in total. The number of hydrazine groups is 1. The van der Waals surface area contributed by atoms with Crippen LogP contribution in [-0.2, 0) is 4.79 Å². The molecule has 19 heavy (non-hydrogen) atoms. The monoisotopic (exact) mass is 375 g/mol. The van der Waals surface area contributed by atoms with E-state index in [1.807, 2.05) is 22.6 Å². The van der Waals surface area contributed by atoms with E-state index in [1.165, 1.54) is 18.2 Å². The summed E-state index contributed by atoms with van der Waals surface area (Å²) in [7, 11) is 0. The number of hydrogen-bond acceptors (Lipinski definition) is 4. The molecular weight excluding hydrogens is 365 g/mol. The molecule has 0 aromatic heterocycles. The molecule has 1 aromatic carbocycles. The van der Waals surface area contributed by atoms with Gasteiger partial charge in [0.2, 0.25) is 5.91 Å². The van der Waals surface area contributed by atoms with Gasteiger partial charge in [-0.2, -0.15) is 0 Å². The van der Waals surface area contributed by atoms with Crippen molar-refractivity contribution in [1.82, 2.24) is 10.9 Å². The molecule has 1 aromatic rings. The third-order valence-corrected chi connectivity index (χ3v) is 3.55. The number of non-ortho nitro benzene ring substituents is 1. The second kappa shape index (κ2) is 5.51. The van der Waals surface area contributed by atoms with Gasteiger partial charge in [-0.15, -0.1) is 0 Å². The molecular formula is C11H10IN3O4. The summed E-state index contributed by atoms with van der Waals surface area (Å²) in [4.78, 5) is 33.2. The smallest absolute Gasteiger partial charge is 0.270 e. The summed E-state index contributed by atoms with van der Waals surface area (Å²) in [5.41, 5.74) is 4.83. The molecule has 1 fully saturated rings. The van der Waals surface area contributed by atoms with Crippen LogP contribution in [0.4, 0.5) is 5.69 Å². The second-order valence-electron chi connectivity index (χ2n) is 4.14. The van der Waals surface area contributed by atoms with Gasteiger partial charge in [-0.25, -0.2) is 0 Å². The van der Waals surface area contributed by atoms with Crippen molar-refractivity contribution in [3.63, 3.8) is 0 Å². The molecule has 100 valence electrons. The van der Waals surface area contributed by atoms with E-state index in [0.717, 1.165) is 12.8 Å². The number of carbonyl (C=O) groups is 2. The van der Waals surface area contributed by atoms with E-state index in [9.17, 15) is 19.7 Å². The van der Waals surface area contributed by atoms with Crippen molar-refractivity contribution in [3.8, 4) is 0 Å². The largest absolute Gasteiger partial charge is 0.273 e. The summed E-state index contributed by atoms with van der Waals surface area (Å²) in [5.74, 6) is -0.699. The van der Waals surface area contributed by atoms with E-state index in [0.29, 0.717) is 3.57 Å². The Kier molecular flexibility index (Phi) is 3.98. The maximum absolute atomic E-state index is 11.8. The van der Waals surface area contributed by atoms with Gasteiger partial charge >= 0.3 is 0 Å². The molecule has 1 aliphatic carbocycles. The lowest BCUT2D eigenvalue weighted by Gasteiger charge is -2.07. The van der Waals surface area contributed by atoms with Crippen LogP contribution in [0.15, 0.2) is 18.2 Å². The number of nitrogens with one attached hydrogen (secondary N) is 2. The van der Waals surface area contributed by atoms with Gasteiger partial charge in [-0.1, -0.05) is 0 Å². The van der Waals surface area contributed by atoms with Crippen LogP contribution in [0, 0.1) is 19.6 Å². The molecule has 0 saturated heterocycles. The number of rotatable bonds is 3. The van der Waals surface area contributed by atoms with Crippen LogP contribution in [0.2, 0.25) is 0 Å². The van der Waals surface area contributed by atoms with Gasteiger partial charge in [-0.05, 0) is 41.5 Å².